The van der Waals surface area contributed by atoms with E-state index >= 15 is 0 Å². The van der Waals surface area contributed by atoms with Gasteiger partial charge < -0.3 is 14.4 Å². The average molecular weight is 569 g/mol. The van der Waals surface area contributed by atoms with E-state index in [1.807, 2.05) is 0 Å². The second kappa shape index (κ2) is 25.6. The molecule has 40 heavy (non-hydrogen) atoms. The van der Waals surface area contributed by atoms with E-state index in [4.69, 9.17) is 9.47 Å². The summed E-state index contributed by atoms with van der Waals surface area (Å²) in [4.78, 5) is 28.9. The van der Waals surface area contributed by atoms with Crippen molar-refractivity contribution in [1.82, 2.24) is 9.80 Å². The third-order valence-electron chi connectivity index (χ3n) is 8.19. The molecule has 2 unspecified atom stereocenters. The monoisotopic (exact) mass is 569 g/mol. The molecule has 0 spiro atoms. The van der Waals surface area contributed by atoms with E-state index in [-0.39, 0.29) is 18.0 Å². The van der Waals surface area contributed by atoms with Crippen LogP contribution < -0.4 is 0 Å². The second-order valence-electron chi connectivity index (χ2n) is 13.1. The third-order valence-corrected chi connectivity index (χ3v) is 8.19. The summed E-state index contributed by atoms with van der Waals surface area (Å²) in [7, 11) is 4.32. The summed E-state index contributed by atoms with van der Waals surface area (Å²) >= 11 is 0. The predicted molar refractivity (Wildman–Crippen MR) is 170 cm³/mol. The smallest absolute Gasteiger partial charge is 0.307 e. The Bertz CT molecular complexity index is 609. The first-order chi connectivity index (χ1) is 19.0. The molecule has 238 valence electrons. The molecule has 0 aromatic carbocycles. The molecule has 0 radical (unpaired) electrons. The third kappa shape index (κ3) is 24.6. The molecule has 0 aromatic heterocycles. The van der Waals surface area contributed by atoms with Gasteiger partial charge in [0.1, 0.15) is 0 Å². The highest BCUT2D eigenvalue weighted by molar-refractivity contribution is 5.70. The van der Waals surface area contributed by atoms with E-state index in [9.17, 15) is 9.59 Å². The number of unbranched alkanes of at least 4 members (excludes halogenated alkanes) is 8. The quantitative estimate of drug-likeness (QED) is 0.0734. The fraction of sp³-hybridized carbons (Fsp3) is 0.941. The van der Waals surface area contributed by atoms with E-state index in [0.29, 0.717) is 45.2 Å². The minimum Gasteiger partial charge on any atom is -0.466 e. The minimum atomic E-state index is -0.138. The molecule has 2 atom stereocenters. The fourth-order valence-corrected chi connectivity index (χ4v) is 4.85. The largest absolute Gasteiger partial charge is 0.466 e. The Labute approximate surface area is 249 Å². The molecule has 0 heterocycles. The van der Waals surface area contributed by atoms with Crippen LogP contribution >= 0.6 is 0 Å². The van der Waals surface area contributed by atoms with Crippen molar-refractivity contribution in [3.8, 4) is 0 Å². The van der Waals surface area contributed by atoms with Gasteiger partial charge in [0.25, 0.3) is 0 Å². The highest BCUT2D eigenvalue weighted by Gasteiger charge is 2.15. The van der Waals surface area contributed by atoms with E-state index in [1.165, 1.54) is 64.2 Å². The molecule has 0 fully saturated rings. The summed E-state index contributed by atoms with van der Waals surface area (Å²) in [5.74, 6) is 1.32. The molecule has 0 aliphatic rings. The van der Waals surface area contributed by atoms with Crippen LogP contribution in [0.15, 0.2) is 0 Å². The number of ether oxygens (including phenoxy) is 2. The Morgan fingerprint density at radius 2 is 1.02 bits per heavy atom. The maximum Gasteiger partial charge on any atom is 0.307 e. The number of hydrogen-bond acceptors (Lipinski definition) is 6. The summed E-state index contributed by atoms with van der Waals surface area (Å²) in [6.07, 6.45) is 17.7. The molecule has 0 aromatic rings. The Kier molecular flexibility index (Phi) is 24.8. The summed E-state index contributed by atoms with van der Waals surface area (Å²) in [5.41, 5.74) is 0. The first kappa shape index (κ1) is 38.9. The first-order valence-corrected chi connectivity index (χ1v) is 16.7. The van der Waals surface area contributed by atoms with Crippen molar-refractivity contribution in [2.75, 3.05) is 40.4 Å². The van der Waals surface area contributed by atoms with E-state index in [2.05, 4.69) is 65.4 Å². The lowest BCUT2D eigenvalue weighted by Crippen LogP contribution is -2.35. The molecule has 0 rings (SSSR count). The molecule has 0 aliphatic heterocycles. The molecule has 0 aliphatic carbocycles. The first-order valence-electron chi connectivity index (χ1n) is 16.7. The van der Waals surface area contributed by atoms with Crippen LogP contribution in [0.4, 0.5) is 0 Å². The van der Waals surface area contributed by atoms with Gasteiger partial charge in [-0.2, -0.15) is 0 Å². The van der Waals surface area contributed by atoms with Crippen LogP contribution in [-0.2, 0) is 19.1 Å². The van der Waals surface area contributed by atoms with Crippen molar-refractivity contribution in [3.63, 3.8) is 0 Å². The van der Waals surface area contributed by atoms with Crippen LogP contribution in [0, 0.1) is 11.8 Å². The van der Waals surface area contributed by atoms with Crippen LogP contribution in [0.25, 0.3) is 0 Å². The highest BCUT2D eigenvalue weighted by atomic mass is 16.5. The van der Waals surface area contributed by atoms with Gasteiger partial charge in [0.2, 0.25) is 0 Å². The zero-order valence-electron chi connectivity index (χ0n) is 28.0. The van der Waals surface area contributed by atoms with Crippen molar-refractivity contribution < 1.29 is 19.1 Å². The normalized spacial score (nSPS) is 13.4. The predicted octanol–water partition coefficient (Wildman–Crippen LogP) is 8.27. The average Bonchev–Trinajstić information content (AvgIpc) is 2.89. The van der Waals surface area contributed by atoms with Gasteiger partial charge in [-0.1, -0.05) is 85.0 Å². The minimum absolute atomic E-state index is 0.137. The number of carbonyl (C=O) groups excluding carboxylic acids is 2. The van der Waals surface area contributed by atoms with Gasteiger partial charge in [-0.3, -0.25) is 14.5 Å². The molecule has 0 N–H and O–H groups in total. The Morgan fingerprint density at radius 3 is 1.48 bits per heavy atom. The van der Waals surface area contributed by atoms with Crippen LogP contribution in [0.5, 0.6) is 0 Å². The molecular weight excluding hydrogens is 500 g/mol. The van der Waals surface area contributed by atoms with Crippen molar-refractivity contribution in [3.05, 3.63) is 0 Å². The summed E-state index contributed by atoms with van der Waals surface area (Å²) in [6, 6.07) is 0.932. The fourth-order valence-electron chi connectivity index (χ4n) is 4.85. The van der Waals surface area contributed by atoms with Gasteiger partial charge in [0.15, 0.2) is 0 Å². The molecule has 0 amide bonds. The molecule has 0 bridgehead atoms. The van der Waals surface area contributed by atoms with Gasteiger partial charge in [-0.25, -0.2) is 0 Å². The molecule has 0 saturated heterocycles. The van der Waals surface area contributed by atoms with Crippen LogP contribution in [-0.4, -0.2) is 74.2 Å². The Morgan fingerprint density at radius 1 is 0.575 bits per heavy atom. The van der Waals surface area contributed by atoms with Crippen LogP contribution in [0.1, 0.15) is 144 Å². The van der Waals surface area contributed by atoms with E-state index in [0.717, 1.165) is 37.5 Å². The number of hydrogen-bond donors (Lipinski definition) is 0. The maximum atomic E-state index is 12.2. The lowest BCUT2D eigenvalue weighted by Gasteiger charge is -2.25. The molecule has 6 heteroatoms. The van der Waals surface area contributed by atoms with Crippen molar-refractivity contribution in [2.24, 2.45) is 11.8 Å². The molecular formula is C34H68N2O4. The SMILES string of the molecule is CC(C)CCCCCCCOC(=O)CCN(CCC(=O)OCCCCCCCC(C)CCC(C)N(C)C)C(C)C. The Hall–Kier alpha value is -1.14. The topological polar surface area (TPSA) is 59.1 Å². The summed E-state index contributed by atoms with van der Waals surface area (Å²) in [5, 5.41) is 0. The zero-order chi connectivity index (χ0) is 30.2. The number of rotatable bonds is 27. The van der Waals surface area contributed by atoms with Gasteiger partial charge in [-0.05, 0) is 72.4 Å². The lowest BCUT2D eigenvalue weighted by molar-refractivity contribution is -0.144. The number of nitrogens with zero attached hydrogens (tertiary/aromatic N) is 2. The second-order valence-corrected chi connectivity index (χ2v) is 13.1. The standard InChI is InChI=1S/C34H68N2O4/c1-29(2)19-15-11-9-13-17-27-39-33(37)23-25-36(30(3)4)26-24-34(38)40-28-18-14-10-12-16-20-31(5)21-22-32(6)35(7)8/h29-32H,9-28H2,1-8H3. The summed E-state index contributed by atoms with van der Waals surface area (Å²) in [6.45, 7) is 15.7. The molecule has 0 saturated carbocycles. The van der Waals surface area contributed by atoms with Gasteiger partial charge in [0.05, 0.1) is 26.1 Å². The van der Waals surface area contributed by atoms with E-state index < -0.39 is 0 Å². The number of carbonyl (C=O) groups is 2. The van der Waals surface area contributed by atoms with Crippen molar-refractivity contribution >= 4 is 11.9 Å². The van der Waals surface area contributed by atoms with Crippen LogP contribution in [0.2, 0.25) is 0 Å². The lowest BCUT2D eigenvalue weighted by atomic mass is 9.95. The van der Waals surface area contributed by atoms with E-state index in [1.54, 1.807) is 0 Å². The summed E-state index contributed by atoms with van der Waals surface area (Å²) < 4.78 is 10.9. The van der Waals surface area contributed by atoms with Crippen molar-refractivity contribution in [1.29, 1.82) is 0 Å². The van der Waals surface area contributed by atoms with Gasteiger partial charge in [-0.15, -0.1) is 0 Å². The Balaban J connectivity index is 3.78. The van der Waals surface area contributed by atoms with Gasteiger partial charge in [0, 0.05) is 25.2 Å². The molecule has 6 nitrogen and oxygen atoms in total. The van der Waals surface area contributed by atoms with Crippen LogP contribution in [0.3, 0.4) is 0 Å². The zero-order valence-corrected chi connectivity index (χ0v) is 28.0. The van der Waals surface area contributed by atoms with Gasteiger partial charge >= 0.3 is 11.9 Å². The number of esters is 2. The highest BCUT2D eigenvalue weighted by Crippen LogP contribution is 2.18. The maximum absolute atomic E-state index is 12.2. The van der Waals surface area contributed by atoms with Crippen molar-refractivity contribution in [2.45, 2.75) is 156 Å².